The van der Waals surface area contributed by atoms with Gasteiger partial charge in [0, 0.05) is 16.1 Å². The van der Waals surface area contributed by atoms with Gasteiger partial charge in [-0.15, -0.1) is 0 Å². The first-order chi connectivity index (χ1) is 14.5. The van der Waals surface area contributed by atoms with Gasteiger partial charge in [-0.05, 0) is 36.4 Å². The Morgan fingerprint density at radius 1 is 1.13 bits per heavy atom. The zero-order chi connectivity index (χ0) is 21.1. The Labute approximate surface area is 182 Å². The standard InChI is InChI=1S/C23H14Cl2FN3O/c24-17-10-15(9-16(12-27)23-28-20-7-3-4-8-21(20)29-23)22(18(25)11-17)30-13-14-5-1-2-6-19(14)26/h1-11H,13H2,(H,28,29)/b16-9+. The summed E-state index contributed by atoms with van der Waals surface area (Å²) in [6.45, 7) is -0.0264. The molecule has 3 aromatic carbocycles. The largest absolute Gasteiger partial charge is 0.487 e. The first-order valence-corrected chi connectivity index (χ1v) is 9.73. The van der Waals surface area contributed by atoms with Crippen LogP contribution >= 0.6 is 23.2 Å². The zero-order valence-electron chi connectivity index (χ0n) is 15.5. The van der Waals surface area contributed by atoms with Crippen molar-refractivity contribution >= 4 is 45.9 Å². The predicted molar refractivity (Wildman–Crippen MR) is 117 cm³/mol. The van der Waals surface area contributed by atoms with Gasteiger partial charge in [-0.3, -0.25) is 0 Å². The Balaban J connectivity index is 1.73. The van der Waals surface area contributed by atoms with Crippen molar-refractivity contribution in [2.45, 2.75) is 6.61 Å². The molecule has 4 rings (SSSR count). The fourth-order valence-corrected chi connectivity index (χ4v) is 3.56. The second kappa shape index (κ2) is 8.58. The van der Waals surface area contributed by atoms with E-state index in [0.717, 1.165) is 11.0 Å². The lowest BCUT2D eigenvalue weighted by Gasteiger charge is -2.13. The van der Waals surface area contributed by atoms with Crippen LogP contribution in [0.3, 0.4) is 0 Å². The van der Waals surface area contributed by atoms with E-state index in [1.54, 1.807) is 30.3 Å². The van der Waals surface area contributed by atoms with Crippen LogP contribution in [0.5, 0.6) is 5.75 Å². The van der Waals surface area contributed by atoms with Gasteiger partial charge in [-0.2, -0.15) is 5.26 Å². The quantitative estimate of drug-likeness (QED) is 0.355. The highest BCUT2D eigenvalue weighted by molar-refractivity contribution is 6.36. The number of nitriles is 1. The maximum absolute atomic E-state index is 13.9. The molecule has 0 spiro atoms. The third kappa shape index (κ3) is 4.16. The van der Waals surface area contributed by atoms with Crippen molar-refractivity contribution in [1.82, 2.24) is 9.97 Å². The van der Waals surface area contributed by atoms with Crippen molar-refractivity contribution in [3.05, 3.63) is 93.5 Å². The molecule has 4 aromatic rings. The second-order valence-electron chi connectivity index (χ2n) is 6.46. The molecule has 0 fully saturated rings. The van der Waals surface area contributed by atoms with E-state index in [-0.39, 0.29) is 23.0 Å². The average molecular weight is 438 g/mol. The number of imidazole rings is 1. The topological polar surface area (TPSA) is 61.7 Å². The van der Waals surface area contributed by atoms with E-state index in [1.807, 2.05) is 24.3 Å². The highest BCUT2D eigenvalue weighted by atomic mass is 35.5. The summed E-state index contributed by atoms with van der Waals surface area (Å²) in [5, 5.41) is 10.3. The Bertz CT molecular complexity index is 1270. The number of aromatic amines is 1. The lowest BCUT2D eigenvalue weighted by Crippen LogP contribution is -2.00. The monoisotopic (exact) mass is 437 g/mol. The van der Waals surface area contributed by atoms with Gasteiger partial charge >= 0.3 is 0 Å². The Kier molecular flexibility index (Phi) is 5.71. The number of H-pyrrole nitrogens is 1. The number of hydrogen-bond donors (Lipinski definition) is 1. The van der Waals surface area contributed by atoms with Gasteiger partial charge in [0.25, 0.3) is 0 Å². The van der Waals surface area contributed by atoms with Crippen molar-refractivity contribution < 1.29 is 9.13 Å². The van der Waals surface area contributed by atoms with Gasteiger partial charge in [0.2, 0.25) is 0 Å². The number of aromatic nitrogens is 2. The molecular weight excluding hydrogens is 424 g/mol. The minimum Gasteiger partial charge on any atom is -0.487 e. The molecule has 0 unspecified atom stereocenters. The van der Waals surface area contributed by atoms with Crippen LogP contribution in [-0.2, 0) is 6.61 Å². The van der Waals surface area contributed by atoms with Crippen molar-refractivity contribution in [1.29, 1.82) is 5.26 Å². The summed E-state index contributed by atoms with van der Waals surface area (Å²) in [5.74, 6) is 0.336. The number of para-hydroxylation sites is 2. The number of fused-ring (bicyclic) bond motifs is 1. The zero-order valence-corrected chi connectivity index (χ0v) is 17.0. The molecule has 0 saturated heterocycles. The normalized spacial score (nSPS) is 11.5. The molecule has 0 atom stereocenters. The van der Waals surface area contributed by atoms with E-state index >= 15 is 0 Å². The minimum atomic E-state index is -0.375. The molecule has 148 valence electrons. The molecule has 0 aliphatic rings. The Hall–Kier alpha value is -3.33. The van der Waals surface area contributed by atoms with Gasteiger partial charge in [-0.25, -0.2) is 9.37 Å². The van der Waals surface area contributed by atoms with Gasteiger partial charge in [0.15, 0.2) is 0 Å². The number of nitrogens with zero attached hydrogens (tertiary/aromatic N) is 2. The lowest BCUT2D eigenvalue weighted by atomic mass is 10.1. The van der Waals surface area contributed by atoms with Crippen LogP contribution in [-0.4, -0.2) is 9.97 Å². The molecule has 0 aliphatic carbocycles. The second-order valence-corrected chi connectivity index (χ2v) is 7.30. The number of rotatable bonds is 5. The highest BCUT2D eigenvalue weighted by Gasteiger charge is 2.14. The van der Waals surface area contributed by atoms with Crippen LogP contribution < -0.4 is 4.74 Å². The summed E-state index contributed by atoms with van der Waals surface area (Å²) < 4.78 is 19.8. The molecule has 0 radical (unpaired) electrons. The summed E-state index contributed by atoms with van der Waals surface area (Å²) >= 11 is 12.5. The van der Waals surface area contributed by atoms with Crippen LogP contribution in [0, 0.1) is 17.1 Å². The predicted octanol–water partition coefficient (Wildman–Crippen LogP) is 6.65. The molecule has 1 heterocycles. The Morgan fingerprint density at radius 3 is 2.67 bits per heavy atom. The van der Waals surface area contributed by atoms with E-state index in [2.05, 4.69) is 16.0 Å². The maximum atomic E-state index is 13.9. The molecule has 0 amide bonds. The average Bonchev–Trinajstić information content (AvgIpc) is 3.16. The van der Waals surface area contributed by atoms with Gasteiger partial charge in [-0.1, -0.05) is 53.5 Å². The van der Waals surface area contributed by atoms with Crippen LogP contribution in [0.25, 0.3) is 22.7 Å². The molecule has 1 aromatic heterocycles. The molecule has 0 bridgehead atoms. The van der Waals surface area contributed by atoms with Crippen molar-refractivity contribution in [2.24, 2.45) is 0 Å². The fraction of sp³-hybridized carbons (Fsp3) is 0.0435. The van der Waals surface area contributed by atoms with E-state index in [4.69, 9.17) is 27.9 Å². The van der Waals surface area contributed by atoms with E-state index < -0.39 is 0 Å². The first-order valence-electron chi connectivity index (χ1n) is 8.97. The van der Waals surface area contributed by atoms with Crippen LogP contribution in [0.15, 0.2) is 60.7 Å². The number of nitrogens with one attached hydrogen (secondary N) is 1. The molecular formula is C23H14Cl2FN3O. The number of halogens is 3. The van der Waals surface area contributed by atoms with Gasteiger partial charge in [0.1, 0.15) is 30.1 Å². The fourth-order valence-electron chi connectivity index (χ4n) is 2.99. The lowest BCUT2D eigenvalue weighted by molar-refractivity contribution is 0.299. The number of hydrogen-bond acceptors (Lipinski definition) is 3. The molecule has 4 nitrogen and oxygen atoms in total. The summed E-state index contributed by atoms with van der Waals surface area (Å²) in [6, 6.07) is 19.1. The molecule has 30 heavy (non-hydrogen) atoms. The van der Waals surface area contributed by atoms with Crippen molar-refractivity contribution in [3.63, 3.8) is 0 Å². The maximum Gasteiger partial charge on any atom is 0.149 e. The summed E-state index contributed by atoms with van der Waals surface area (Å²) in [6.07, 6.45) is 1.59. The van der Waals surface area contributed by atoms with Crippen molar-refractivity contribution in [2.75, 3.05) is 0 Å². The van der Waals surface area contributed by atoms with Crippen LogP contribution in [0.2, 0.25) is 10.0 Å². The van der Waals surface area contributed by atoms with Crippen molar-refractivity contribution in [3.8, 4) is 11.8 Å². The SMILES string of the molecule is N#C/C(=C\c1cc(Cl)cc(Cl)c1OCc1ccccc1F)c1nc2ccccc2[nH]1. The summed E-state index contributed by atoms with van der Waals surface area (Å²) in [7, 11) is 0. The minimum absolute atomic E-state index is 0.0264. The van der Waals surface area contributed by atoms with E-state index in [9.17, 15) is 9.65 Å². The van der Waals surface area contributed by atoms with E-state index in [0.29, 0.717) is 27.7 Å². The third-order valence-electron chi connectivity index (χ3n) is 4.43. The Morgan fingerprint density at radius 2 is 1.90 bits per heavy atom. The molecule has 0 saturated carbocycles. The molecule has 7 heteroatoms. The van der Waals surface area contributed by atoms with E-state index in [1.165, 1.54) is 12.1 Å². The van der Waals surface area contributed by atoms with Gasteiger partial charge in [0.05, 0.1) is 21.6 Å². The molecule has 1 N–H and O–H groups in total. The van der Waals surface area contributed by atoms with Gasteiger partial charge < -0.3 is 9.72 Å². The van der Waals surface area contributed by atoms with Crippen LogP contribution in [0.4, 0.5) is 4.39 Å². The summed E-state index contributed by atoms with van der Waals surface area (Å²) in [5.41, 5.74) is 2.71. The highest BCUT2D eigenvalue weighted by Crippen LogP contribution is 2.35. The number of benzene rings is 3. The summed E-state index contributed by atoms with van der Waals surface area (Å²) in [4.78, 5) is 7.58. The number of ether oxygens (including phenoxy) is 1. The third-order valence-corrected chi connectivity index (χ3v) is 4.93. The smallest absolute Gasteiger partial charge is 0.149 e. The molecule has 0 aliphatic heterocycles. The van der Waals surface area contributed by atoms with Crippen LogP contribution in [0.1, 0.15) is 17.0 Å². The number of allylic oxidation sites excluding steroid dienone is 1. The first kappa shape index (κ1) is 20.0.